The average molecular weight is 310 g/mol. The van der Waals surface area contributed by atoms with Crippen LogP contribution in [0.15, 0.2) is 18.2 Å². The van der Waals surface area contributed by atoms with Crippen molar-refractivity contribution in [3.8, 4) is 0 Å². The number of rotatable bonds is 6. The smallest absolute Gasteiger partial charge is 0.337 e. The first-order valence-corrected chi connectivity index (χ1v) is 8.63. The highest BCUT2D eigenvalue weighted by atomic mass is 32.2. The molecule has 1 aromatic heterocycles. The molecule has 0 saturated heterocycles. The first-order chi connectivity index (χ1) is 9.89. The van der Waals surface area contributed by atoms with Gasteiger partial charge < -0.3 is 9.67 Å². The Kier molecular flexibility index (Phi) is 4.32. The lowest BCUT2D eigenvalue weighted by molar-refractivity contribution is 0.0698. The molecule has 1 N–H and O–H groups in total. The van der Waals surface area contributed by atoms with Crippen LogP contribution in [0.1, 0.15) is 30.0 Å². The molecule has 0 radical (unpaired) electrons. The van der Waals surface area contributed by atoms with Gasteiger partial charge in [-0.05, 0) is 12.1 Å². The fourth-order valence-electron chi connectivity index (χ4n) is 2.29. The second kappa shape index (κ2) is 5.85. The molecule has 21 heavy (non-hydrogen) atoms. The maximum Gasteiger partial charge on any atom is 0.337 e. The Labute approximate surface area is 123 Å². The van der Waals surface area contributed by atoms with Gasteiger partial charge in [0.25, 0.3) is 0 Å². The first kappa shape index (κ1) is 15.5. The molecule has 7 heteroatoms. The molecule has 0 spiro atoms. The van der Waals surface area contributed by atoms with Gasteiger partial charge in [-0.15, -0.1) is 0 Å². The highest BCUT2D eigenvalue weighted by Crippen LogP contribution is 2.21. The van der Waals surface area contributed by atoms with E-state index < -0.39 is 15.8 Å². The Bertz CT molecular complexity index is 778. The molecule has 0 atom stereocenters. The van der Waals surface area contributed by atoms with Crippen molar-refractivity contribution in [2.45, 2.75) is 26.8 Å². The molecule has 0 aliphatic carbocycles. The quantitative estimate of drug-likeness (QED) is 0.877. The van der Waals surface area contributed by atoms with E-state index in [1.165, 1.54) is 6.07 Å². The lowest BCUT2D eigenvalue weighted by Gasteiger charge is -2.09. The second-order valence-electron chi connectivity index (χ2n) is 4.75. The van der Waals surface area contributed by atoms with E-state index in [0.717, 1.165) is 0 Å². The van der Waals surface area contributed by atoms with Crippen LogP contribution in [0.5, 0.6) is 0 Å². The second-order valence-corrected chi connectivity index (χ2v) is 7.22. The summed E-state index contributed by atoms with van der Waals surface area (Å²) in [6.07, 6.45) is 0.611. The molecule has 0 aliphatic heterocycles. The van der Waals surface area contributed by atoms with Crippen LogP contribution in [0.25, 0.3) is 11.0 Å². The lowest BCUT2D eigenvalue weighted by Crippen LogP contribution is -2.16. The number of benzene rings is 1. The molecule has 0 bridgehead atoms. The van der Waals surface area contributed by atoms with Crippen molar-refractivity contribution < 1.29 is 18.3 Å². The number of carbonyl (C=O) groups is 1. The number of hydrogen-bond acceptors (Lipinski definition) is 4. The summed E-state index contributed by atoms with van der Waals surface area (Å²) in [6, 6.07) is 4.90. The van der Waals surface area contributed by atoms with Crippen molar-refractivity contribution in [3.05, 3.63) is 29.6 Å². The summed E-state index contributed by atoms with van der Waals surface area (Å²) in [7, 11) is -3.12. The van der Waals surface area contributed by atoms with Crippen molar-refractivity contribution in [1.82, 2.24) is 9.55 Å². The molecule has 1 aromatic carbocycles. The van der Waals surface area contributed by atoms with Gasteiger partial charge in [-0.25, -0.2) is 18.2 Å². The SMILES string of the molecule is CCc1nc2cccc(C(=O)O)c2n1CCS(=O)(=O)CC. The summed E-state index contributed by atoms with van der Waals surface area (Å²) in [4.78, 5) is 15.8. The third-order valence-corrected chi connectivity index (χ3v) is 5.14. The van der Waals surface area contributed by atoms with E-state index >= 15 is 0 Å². The Morgan fingerprint density at radius 3 is 2.62 bits per heavy atom. The number of aromatic carboxylic acids is 1. The number of aromatic nitrogens is 2. The zero-order valence-electron chi connectivity index (χ0n) is 12.0. The number of fused-ring (bicyclic) bond motifs is 1. The van der Waals surface area contributed by atoms with Crippen LogP contribution in [0.4, 0.5) is 0 Å². The number of carboxylic acid groups (broad SMARTS) is 1. The number of sulfone groups is 1. The van der Waals surface area contributed by atoms with Crippen LogP contribution < -0.4 is 0 Å². The van der Waals surface area contributed by atoms with E-state index in [2.05, 4.69) is 4.98 Å². The van der Waals surface area contributed by atoms with Gasteiger partial charge in [0.2, 0.25) is 0 Å². The van der Waals surface area contributed by atoms with Gasteiger partial charge in [-0.1, -0.05) is 19.9 Å². The highest BCUT2D eigenvalue weighted by molar-refractivity contribution is 7.91. The van der Waals surface area contributed by atoms with Crippen molar-refractivity contribution in [3.63, 3.8) is 0 Å². The number of hydrogen-bond donors (Lipinski definition) is 1. The third-order valence-electron chi connectivity index (χ3n) is 3.46. The number of nitrogens with zero attached hydrogens (tertiary/aromatic N) is 2. The lowest BCUT2D eigenvalue weighted by atomic mass is 10.2. The Morgan fingerprint density at radius 1 is 1.33 bits per heavy atom. The van der Waals surface area contributed by atoms with E-state index in [-0.39, 0.29) is 23.6 Å². The number of aryl methyl sites for hydroxylation is 2. The summed E-state index contributed by atoms with van der Waals surface area (Å²) in [5.74, 6) is -0.282. The predicted octanol–water partition coefficient (Wildman–Crippen LogP) is 1.73. The Morgan fingerprint density at radius 2 is 2.05 bits per heavy atom. The van der Waals surface area contributed by atoms with Gasteiger partial charge in [0, 0.05) is 18.7 Å². The van der Waals surface area contributed by atoms with Gasteiger partial charge in [0.15, 0.2) is 9.84 Å². The standard InChI is InChI=1S/C14H18N2O4S/c1-3-12-15-11-7-5-6-10(14(17)18)13(11)16(12)8-9-21(19,20)4-2/h5-7H,3-4,8-9H2,1-2H3,(H,17,18). The van der Waals surface area contributed by atoms with Crippen LogP contribution in [0.3, 0.4) is 0 Å². The molecule has 0 amide bonds. The third kappa shape index (κ3) is 3.07. The van der Waals surface area contributed by atoms with Crippen LogP contribution >= 0.6 is 0 Å². The fraction of sp³-hybridized carbons (Fsp3) is 0.429. The summed E-state index contributed by atoms with van der Waals surface area (Å²) in [5, 5.41) is 9.30. The van der Waals surface area contributed by atoms with Crippen molar-refractivity contribution >= 4 is 26.8 Å². The molecular weight excluding hydrogens is 292 g/mol. The molecule has 0 fully saturated rings. The van der Waals surface area contributed by atoms with Crippen LogP contribution in [-0.2, 0) is 22.8 Å². The van der Waals surface area contributed by atoms with Crippen molar-refractivity contribution in [2.24, 2.45) is 0 Å². The minimum absolute atomic E-state index is 0.0179. The largest absolute Gasteiger partial charge is 0.478 e. The maximum atomic E-state index is 11.7. The molecule has 2 aromatic rings. The van der Waals surface area contributed by atoms with Crippen LogP contribution in [0, 0.1) is 0 Å². The number of carboxylic acids is 1. The summed E-state index contributed by atoms with van der Waals surface area (Å²) < 4.78 is 25.1. The van der Waals surface area contributed by atoms with Crippen molar-refractivity contribution in [1.29, 1.82) is 0 Å². The summed E-state index contributed by atoms with van der Waals surface area (Å²) in [5.41, 5.74) is 1.22. The summed E-state index contributed by atoms with van der Waals surface area (Å²) in [6.45, 7) is 3.73. The van der Waals surface area contributed by atoms with Gasteiger partial charge in [0.05, 0.1) is 22.3 Å². The zero-order chi connectivity index (χ0) is 15.6. The normalized spacial score (nSPS) is 11.9. The molecular formula is C14H18N2O4S. The Hall–Kier alpha value is -1.89. The maximum absolute atomic E-state index is 11.7. The van der Waals surface area contributed by atoms with Crippen LogP contribution in [-0.4, -0.2) is 40.6 Å². The molecule has 0 unspecified atom stereocenters. The van der Waals surface area contributed by atoms with E-state index in [1.54, 1.807) is 23.6 Å². The van der Waals surface area contributed by atoms with E-state index in [9.17, 15) is 18.3 Å². The van der Waals surface area contributed by atoms with E-state index in [0.29, 0.717) is 23.3 Å². The van der Waals surface area contributed by atoms with Gasteiger partial charge in [0.1, 0.15) is 5.82 Å². The van der Waals surface area contributed by atoms with Gasteiger partial charge >= 0.3 is 5.97 Å². The molecule has 114 valence electrons. The highest BCUT2D eigenvalue weighted by Gasteiger charge is 2.18. The molecule has 2 rings (SSSR count). The zero-order valence-corrected chi connectivity index (χ0v) is 12.9. The minimum atomic E-state index is -3.12. The summed E-state index contributed by atoms with van der Waals surface area (Å²) >= 11 is 0. The molecule has 1 heterocycles. The van der Waals surface area contributed by atoms with E-state index in [1.807, 2.05) is 6.92 Å². The first-order valence-electron chi connectivity index (χ1n) is 6.81. The number of imidazole rings is 1. The van der Waals surface area contributed by atoms with Gasteiger partial charge in [-0.3, -0.25) is 0 Å². The topological polar surface area (TPSA) is 89.3 Å². The molecule has 6 nitrogen and oxygen atoms in total. The fourth-order valence-corrected chi connectivity index (χ4v) is 3.04. The monoisotopic (exact) mass is 310 g/mol. The predicted molar refractivity (Wildman–Crippen MR) is 80.4 cm³/mol. The van der Waals surface area contributed by atoms with Crippen LogP contribution in [0.2, 0.25) is 0 Å². The molecule has 0 aliphatic rings. The van der Waals surface area contributed by atoms with E-state index in [4.69, 9.17) is 0 Å². The average Bonchev–Trinajstić information content (AvgIpc) is 2.82. The minimum Gasteiger partial charge on any atom is -0.478 e. The van der Waals surface area contributed by atoms with Gasteiger partial charge in [-0.2, -0.15) is 0 Å². The van der Waals surface area contributed by atoms with Crippen molar-refractivity contribution in [2.75, 3.05) is 11.5 Å². The number of para-hydroxylation sites is 1. The Balaban J connectivity index is 2.57. The molecule has 0 saturated carbocycles.